The second kappa shape index (κ2) is 13.1. The van der Waals surface area contributed by atoms with E-state index in [1.165, 1.54) is 0 Å². The standard InChI is InChI=1S/C21H36O18/c22-1-7-16(15(31)17(18(32)36-7)39-20-13(29)10(26)6(24)3-34-20)38-21-14(30)11(27)8(4-35-21)37-19-12(28)9(25)5(23)2-33-19/h5-32H,1-4H2. The molecule has 17 unspecified atom stereocenters. The molecule has 0 aromatic rings. The molecule has 0 spiro atoms. The van der Waals surface area contributed by atoms with Crippen molar-refractivity contribution >= 4 is 0 Å². The van der Waals surface area contributed by atoms with E-state index in [-0.39, 0.29) is 6.61 Å². The van der Waals surface area contributed by atoms with Gasteiger partial charge in [-0.3, -0.25) is 0 Å². The van der Waals surface area contributed by atoms with E-state index in [1.807, 2.05) is 0 Å². The van der Waals surface area contributed by atoms with Crippen molar-refractivity contribution in [2.24, 2.45) is 0 Å². The smallest absolute Gasteiger partial charge is 0.186 e. The highest BCUT2D eigenvalue weighted by atomic mass is 16.8. The van der Waals surface area contributed by atoms with Crippen molar-refractivity contribution in [3.8, 4) is 0 Å². The lowest BCUT2D eigenvalue weighted by Crippen LogP contribution is -2.65. The molecular formula is C21H36O18. The molecule has 0 aliphatic carbocycles. The Kier molecular flexibility index (Phi) is 10.5. The third-order valence-electron chi connectivity index (χ3n) is 7.05. The molecule has 0 amide bonds. The normalized spacial score (nSPS) is 53.5. The number of ether oxygens (including phenoxy) is 7. The van der Waals surface area contributed by atoms with Gasteiger partial charge in [-0.05, 0) is 0 Å². The minimum atomic E-state index is -1.87. The topological polar surface area (TPSA) is 287 Å². The zero-order valence-corrected chi connectivity index (χ0v) is 20.4. The van der Waals surface area contributed by atoms with E-state index in [2.05, 4.69) is 0 Å². The molecule has 4 rings (SSSR count). The first-order valence-corrected chi connectivity index (χ1v) is 12.3. The zero-order chi connectivity index (χ0) is 28.6. The Bertz CT molecular complexity index is 777. The molecule has 0 bridgehead atoms. The monoisotopic (exact) mass is 576 g/mol. The highest BCUT2D eigenvalue weighted by molar-refractivity contribution is 4.94. The Labute approximate surface area is 221 Å². The molecule has 4 aliphatic rings. The van der Waals surface area contributed by atoms with Crippen LogP contribution in [0.5, 0.6) is 0 Å². The minimum absolute atomic E-state index is 0.361. The van der Waals surface area contributed by atoms with Crippen LogP contribution >= 0.6 is 0 Å². The Morgan fingerprint density at radius 1 is 0.513 bits per heavy atom. The van der Waals surface area contributed by atoms with Crippen LogP contribution in [0.15, 0.2) is 0 Å². The van der Waals surface area contributed by atoms with Gasteiger partial charge >= 0.3 is 0 Å². The Balaban J connectivity index is 1.38. The Hall–Kier alpha value is -0.720. The van der Waals surface area contributed by atoms with Crippen LogP contribution in [0.3, 0.4) is 0 Å². The van der Waals surface area contributed by atoms with Crippen molar-refractivity contribution in [3.63, 3.8) is 0 Å². The predicted molar refractivity (Wildman–Crippen MR) is 116 cm³/mol. The second-order valence-corrected chi connectivity index (χ2v) is 9.80. The molecule has 39 heavy (non-hydrogen) atoms. The molecule has 18 heteroatoms. The van der Waals surface area contributed by atoms with Crippen LogP contribution in [0, 0.1) is 0 Å². The van der Waals surface area contributed by atoms with E-state index in [0.717, 1.165) is 0 Å². The van der Waals surface area contributed by atoms with Gasteiger partial charge in [-0.1, -0.05) is 0 Å². The summed E-state index contributed by atoms with van der Waals surface area (Å²) in [4.78, 5) is 0. The largest absolute Gasteiger partial charge is 0.394 e. The maximum absolute atomic E-state index is 10.9. The van der Waals surface area contributed by atoms with Crippen molar-refractivity contribution < 1.29 is 89.3 Å². The van der Waals surface area contributed by atoms with Crippen LogP contribution in [0.4, 0.5) is 0 Å². The first-order chi connectivity index (χ1) is 18.4. The first-order valence-electron chi connectivity index (χ1n) is 12.3. The van der Waals surface area contributed by atoms with Crippen molar-refractivity contribution in [2.75, 3.05) is 26.4 Å². The van der Waals surface area contributed by atoms with E-state index < -0.39 is 124 Å². The van der Waals surface area contributed by atoms with Gasteiger partial charge < -0.3 is 89.3 Å². The molecule has 228 valence electrons. The van der Waals surface area contributed by atoms with Gasteiger partial charge in [0.25, 0.3) is 0 Å². The fourth-order valence-electron chi connectivity index (χ4n) is 4.66. The Morgan fingerprint density at radius 2 is 0.974 bits per heavy atom. The minimum Gasteiger partial charge on any atom is -0.394 e. The molecule has 4 aliphatic heterocycles. The van der Waals surface area contributed by atoms with Crippen LogP contribution in [-0.2, 0) is 33.2 Å². The molecule has 11 N–H and O–H groups in total. The summed E-state index contributed by atoms with van der Waals surface area (Å²) in [6.45, 7) is -2.00. The van der Waals surface area contributed by atoms with Gasteiger partial charge in [-0.15, -0.1) is 0 Å². The van der Waals surface area contributed by atoms with Crippen LogP contribution in [0.25, 0.3) is 0 Å². The van der Waals surface area contributed by atoms with E-state index in [4.69, 9.17) is 33.2 Å². The van der Waals surface area contributed by atoms with Gasteiger partial charge in [0.2, 0.25) is 0 Å². The van der Waals surface area contributed by atoms with Crippen molar-refractivity contribution in [3.05, 3.63) is 0 Å². The average Bonchev–Trinajstić information content (AvgIpc) is 2.91. The molecule has 0 aromatic carbocycles. The number of hydrogen-bond donors (Lipinski definition) is 11. The molecular weight excluding hydrogens is 540 g/mol. The SMILES string of the molecule is OCC1OC(O)C(OC2OCC(O)C(O)C2O)C(O)C1OC1OCC(OC2OCC(O)C(O)C2O)C(O)C1O. The zero-order valence-electron chi connectivity index (χ0n) is 20.4. The van der Waals surface area contributed by atoms with E-state index >= 15 is 0 Å². The highest BCUT2D eigenvalue weighted by Gasteiger charge is 2.52. The van der Waals surface area contributed by atoms with E-state index in [9.17, 15) is 56.2 Å². The van der Waals surface area contributed by atoms with E-state index in [1.54, 1.807) is 0 Å². The van der Waals surface area contributed by atoms with Gasteiger partial charge in [-0.2, -0.15) is 0 Å². The Morgan fingerprint density at radius 3 is 1.51 bits per heavy atom. The average molecular weight is 577 g/mol. The van der Waals surface area contributed by atoms with Crippen molar-refractivity contribution in [1.82, 2.24) is 0 Å². The van der Waals surface area contributed by atoms with Gasteiger partial charge in [0.05, 0.1) is 26.4 Å². The number of aliphatic hydroxyl groups is 11. The maximum Gasteiger partial charge on any atom is 0.186 e. The third kappa shape index (κ3) is 6.53. The molecule has 0 saturated carbocycles. The number of hydrogen-bond acceptors (Lipinski definition) is 18. The summed E-state index contributed by atoms with van der Waals surface area (Å²) in [5.74, 6) is 0. The summed E-state index contributed by atoms with van der Waals surface area (Å²) in [7, 11) is 0. The molecule has 18 nitrogen and oxygen atoms in total. The summed E-state index contributed by atoms with van der Waals surface area (Å²) in [6.07, 6.45) is -27.1. The first kappa shape index (κ1) is 31.2. The van der Waals surface area contributed by atoms with Crippen LogP contribution in [0.2, 0.25) is 0 Å². The predicted octanol–water partition coefficient (Wildman–Crippen LogP) is -7.83. The second-order valence-electron chi connectivity index (χ2n) is 9.80. The lowest BCUT2D eigenvalue weighted by Gasteiger charge is -2.47. The molecule has 17 atom stereocenters. The summed E-state index contributed by atoms with van der Waals surface area (Å²) in [5.41, 5.74) is 0. The van der Waals surface area contributed by atoms with Crippen LogP contribution in [-0.4, -0.2) is 187 Å². The molecule has 0 aromatic heterocycles. The summed E-state index contributed by atoms with van der Waals surface area (Å²) < 4.78 is 37.3. The van der Waals surface area contributed by atoms with Gasteiger partial charge in [0, 0.05) is 0 Å². The third-order valence-corrected chi connectivity index (χ3v) is 7.05. The fraction of sp³-hybridized carbons (Fsp3) is 1.00. The lowest BCUT2D eigenvalue weighted by molar-refractivity contribution is -0.376. The number of aliphatic hydroxyl groups excluding tert-OH is 11. The van der Waals surface area contributed by atoms with Gasteiger partial charge in [-0.25, -0.2) is 0 Å². The summed E-state index contributed by atoms with van der Waals surface area (Å²) in [6, 6.07) is 0. The van der Waals surface area contributed by atoms with Crippen molar-refractivity contribution in [1.29, 1.82) is 0 Å². The highest BCUT2D eigenvalue weighted by Crippen LogP contribution is 2.31. The van der Waals surface area contributed by atoms with Crippen molar-refractivity contribution in [2.45, 2.75) is 105 Å². The quantitative estimate of drug-likeness (QED) is 0.134. The molecule has 4 fully saturated rings. The molecule has 4 heterocycles. The molecule has 4 saturated heterocycles. The van der Waals surface area contributed by atoms with E-state index in [0.29, 0.717) is 0 Å². The lowest BCUT2D eigenvalue weighted by atomic mass is 9.97. The summed E-state index contributed by atoms with van der Waals surface area (Å²) in [5, 5.41) is 111. The van der Waals surface area contributed by atoms with Crippen LogP contribution < -0.4 is 0 Å². The number of rotatable bonds is 7. The van der Waals surface area contributed by atoms with Crippen LogP contribution in [0.1, 0.15) is 0 Å². The maximum atomic E-state index is 10.9. The van der Waals surface area contributed by atoms with Gasteiger partial charge in [0.15, 0.2) is 25.2 Å². The fourth-order valence-corrected chi connectivity index (χ4v) is 4.66. The summed E-state index contributed by atoms with van der Waals surface area (Å²) >= 11 is 0. The van der Waals surface area contributed by atoms with Gasteiger partial charge in [0.1, 0.15) is 79.4 Å². The molecule has 0 radical (unpaired) electrons.